The van der Waals surface area contributed by atoms with Crippen molar-refractivity contribution in [2.45, 2.75) is 26.3 Å². The van der Waals surface area contributed by atoms with E-state index in [1.165, 1.54) is 6.07 Å². The first kappa shape index (κ1) is 19.6. The molecule has 2 saturated heterocycles. The summed E-state index contributed by atoms with van der Waals surface area (Å²) in [5, 5.41) is 2.88. The fourth-order valence-electron chi connectivity index (χ4n) is 3.87. The van der Waals surface area contributed by atoms with Gasteiger partial charge in [-0.25, -0.2) is 4.39 Å². The van der Waals surface area contributed by atoms with Crippen molar-refractivity contribution in [1.82, 2.24) is 15.1 Å². The number of rotatable bonds is 5. The maximum absolute atomic E-state index is 14.0. The van der Waals surface area contributed by atoms with Gasteiger partial charge in [0.05, 0.1) is 18.2 Å². The Morgan fingerprint density at radius 2 is 1.89 bits per heavy atom. The van der Waals surface area contributed by atoms with E-state index in [4.69, 9.17) is 0 Å². The minimum absolute atomic E-state index is 0.000935. The molecule has 0 aliphatic carbocycles. The Hall–Kier alpha value is -2.15. The molecule has 7 heteroatoms. The number of amides is 2. The van der Waals surface area contributed by atoms with Crippen LogP contribution in [0.15, 0.2) is 24.3 Å². The molecule has 1 atom stereocenters. The van der Waals surface area contributed by atoms with E-state index in [9.17, 15) is 14.0 Å². The van der Waals surface area contributed by atoms with Crippen LogP contribution in [0.3, 0.4) is 0 Å². The van der Waals surface area contributed by atoms with Crippen molar-refractivity contribution in [2.75, 3.05) is 50.7 Å². The van der Waals surface area contributed by atoms with Crippen LogP contribution in [0.5, 0.6) is 0 Å². The van der Waals surface area contributed by atoms with Gasteiger partial charge in [0.1, 0.15) is 5.82 Å². The number of anilines is 1. The molecule has 3 rings (SSSR count). The van der Waals surface area contributed by atoms with E-state index < -0.39 is 6.04 Å². The molecule has 2 amide bonds. The number of hydrogen-bond acceptors (Lipinski definition) is 4. The monoisotopic (exact) mass is 376 g/mol. The van der Waals surface area contributed by atoms with Crippen LogP contribution < -0.4 is 10.2 Å². The molecule has 27 heavy (non-hydrogen) atoms. The van der Waals surface area contributed by atoms with Gasteiger partial charge in [-0.15, -0.1) is 0 Å². The molecule has 2 heterocycles. The summed E-state index contributed by atoms with van der Waals surface area (Å²) in [7, 11) is 0. The molecule has 0 radical (unpaired) electrons. The van der Waals surface area contributed by atoms with Crippen LogP contribution in [-0.4, -0.2) is 73.5 Å². The zero-order valence-electron chi connectivity index (χ0n) is 16.2. The second-order valence-corrected chi connectivity index (χ2v) is 7.72. The van der Waals surface area contributed by atoms with E-state index >= 15 is 0 Å². The van der Waals surface area contributed by atoms with Gasteiger partial charge in [0, 0.05) is 45.8 Å². The van der Waals surface area contributed by atoms with Crippen molar-refractivity contribution in [3.8, 4) is 0 Å². The standard InChI is InChI=1S/C20H29FN4O2/c1-15(2)14-25-8-7-22-20(27)18(25)13-19(26)24-11-9-23(10-12-24)17-6-4-3-5-16(17)21/h3-6,15,18H,7-14H2,1-2H3,(H,22,27)/t18-/m0/s1. The quantitative estimate of drug-likeness (QED) is 0.842. The van der Waals surface area contributed by atoms with Gasteiger partial charge < -0.3 is 15.1 Å². The lowest BCUT2D eigenvalue weighted by Gasteiger charge is -2.39. The summed E-state index contributed by atoms with van der Waals surface area (Å²) in [4.78, 5) is 31.0. The third kappa shape index (κ3) is 4.77. The highest BCUT2D eigenvalue weighted by Crippen LogP contribution is 2.21. The van der Waals surface area contributed by atoms with Crippen LogP contribution in [0.25, 0.3) is 0 Å². The maximum Gasteiger partial charge on any atom is 0.237 e. The summed E-state index contributed by atoms with van der Waals surface area (Å²) < 4.78 is 14.0. The molecular weight excluding hydrogens is 347 g/mol. The van der Waals surface area contributed by atoms with Gasteiger partial charge in [-0.1, -0.05) is 26.0 Å². The minimum Gasteiger partial charge on any atom is -0.366 e. The van der Waals surface area contributed by atoms with Gasteiger partial charge in [-0.05, 0) is 18.1 Å². The molecule has 0 saturated carbocycles. The van der Waals surface area contributed by atoms with Crippen molar-refractivity contribution in [3.63, 3.8) is 0 Å². The number of piperazine rings is 2. The number of carbonyl (C=O) groups excluding carboxylic acids is 2. The molecule has 1 aromatic carbocycles. The Balaban J connectivity index is 1.57. The SMILES string of the molecule is CC(C)CN1CCNC(=O)[C@@H]1CC(=O)N1CCN(c2ccccc2F)CC1. The zero-order valence-corrected chi connectivity index (χ0v) is 16.2. The van der Waals surface area contributed by atoms with Gasteiger partial charge in [-0.2, -0.15) is 0 Å². The summed E-state index contributed by atoms with van der Waals surface area (Å²) in [5.41, 5.74) is 0.583. The zero-order chi connectivity index (χ0) is 19.4. The number of benzene rings is 1. The molecule has 6 nitrogen and oxygen atoms in total. The van der Waals surface area contributed by atoms with Crippen molar-refractivity contribution in [1.29, 1.82) is 0 Å². The first-order valence-corrected chi connectivity index (χ1v) is 9.74. The largest absolute Gasteiger partial charge is 0.366 e. The maximum atomic E-state index is 14.0. The van der Waals surface area contributed by atoms with Crippen LogP contribution in [0, 0.1) is 11.7 Å². The van der Waals surface area contributed by atoms with E-state index in [0.29, 0.717) is 44.3 Å². The predicted octanol–water partition coefficient (Wildman–Crippen LogP) is 1.32. The first-order valence-electron chi connectivity index (χ1n) is 9.74. The number of nitrogens with one attached hydrogen (secondary N) is 1. The Labute approximate surface area is 160 Å². The van der Waals surface area contributed by atoms with E-state index in [1.807, 2.05) is 11.0 Å². The Morgan fingerprint density at radius 1 is 1.19 bits per heavy atom. The smallest absolute Gasteiger partial charge is 0.237 e. The van der Waals surface area contributed by atoms with Crippen molar-refractivity contribution in [2.24, 2.45) is 5.92 Å². The molecule has 1 aromatic rings. The highest BCUT2D eigenvalue weighted by atomic mass is 19.1. The lowest BCUT2D eigenvalue weighted by molar-refractivity contribution is -0.139. The molecule has 2 fully saturated rings. The van der Waals surface area contributed by atoms with Gasteiger partial charge in [0.15, 0.2) is 0 Å². The average Bonchev–Trinajstić information content (AvgIpc) is 2.64. The molecular formula is C20H29FN4O2. The first-order chi connectivity index (χ1) is 13.0. The Kier molecular flexibility index (Phi) is 6.31. The lowest BCUT2D eigenvalue weighted by atomic mass is 10.0. The number of hydrogen-bond donors (Lipinski definition) is 1. The molecule has 148 valence electrons. The van der Waals surface area contributed by atoms with Crippen LogP contribution >= 0.6 is 0 Å². The van der Waals surface area contributed by atoms with E-state index in [2.05, 4.69) is 24.1 Å². The third-order valence-corrected chi connectivity index (χ3v) is 5.23. The highest BCUT2D eigenvalue weighted by Gasteiger charge is 2.33. The van der Waals surface area contributed by atoms with Gasteiger partial charge >= 0.3 is 0 Å². The molecule has 0 spiro atoms. The molecule has 1 N–H and O–H groups in total. The molecule has 0 aromatic heterocycles. The minimum atomic E-state index is -0.391. The fraction of sp³-hybridized carbons (Fsp3) is 0.600. The van der Waals surface area contributed by atoms with E-state index in [1.54, 1.807) is 17.0 Å². The Bertz CT molecular complexity index is 674. The third-order valence-electron chi connectivity index (χ3n) is 5.23. The summed E-state index contributed by atoms with van der Waals surface area (Å²) in [5.74, 6) is 0.150. The van der Waals surface area contributed by atoms with Crippen LogP contribution in [0.4, 0.5) is 10.1 Å². The number of para-hydroxylation sites is 1. The van der Waals surface area contributed by atoms with E-state index in [0.717, 1.165) is 13.1 Å². The summed E-state index contributed by atoms with van der Waals surface area (Å²) >= 11 is 0. The summed E-state index contributed by atoms with van der Waals surface area (Å²) in [6.07, 6.45) is 0.207. The molecule has 0 bridgehead atoms. The number of halogens is 1. The lowest BCUT2D eigenvalue weighted by Crippen LogP contribution is -2.58. The van der Waals surface area contributed by atoms with Crippen molar-refractivity contribution >= 4 is 17.5 Å². The number of nitrogens with zero attached hydrogens (tertiary/aromatic N) is 3. The van der Waals surface area contributed by atoms with Gasteiger partial charge in [0.25, 0.3) is 0 Å². The molecule has 2 aliphatic rings. The summed E-state index contributed by atoms with van der Waals surface area (Å²) in [6.45, 7) is 8.75. The second-order valence-electron chi connectivity index (χ2n) is 7.72. The molecule has 0 unspecified atom stereocenters. The highest BCUT2D eigenvalue weighted by molar-refractivity contribution is 5.89. The summed E-state index contributed by atoms with van der Waals surface area (Å²) in [6, 6.07) is 6.33. The predicted molar refractivity (Wildman–Crippen MR) is 103 cm³/mol. The van der Waals surface area contributed by atoms with Crippen LogP contribution in [0.2, 0.25) is 0 Å². The fourth-order valence-corrected chi connectivity index (χ4v) is 3.87. The van der Waals surface area contributed by atoms with Crippen LogP contribution in [-0.2, 0) is 9.59 Å². The van der Waals surface area contributed by atoms with Crippen molar-refractivity contribution in [3.05, 3.63) is 30.1 Å². The second kappa shape index (κ2) is 8.69. The van der Waals surface area contributed by atoms with Gasteiger partial charge in [0.2, 0.25) is 11.8 Å². The van der Waals surface area contributed by atoms with Gasteiger partial charge in [-0.3, -0.25) is 14.5 Å². The molecule has 2 aliphatic heterocycles. The number of carbonyl (C=O) groups is 2. The average molecular weight is 376 g/mol. The Morgan fingerprint density at radius 3 is 2.56 bits per heavy atom. The van der Waals surface area contributed by atoms with E-state index in [-0.39, 0.29) is 24.1 Å². The topological polar surface area (TPSA) is 55.9 Å². The van der Waals surface area contributed by atoms with Crippen LogP contribution in [0.1, 0.15) is 20.3 Å². The van der Waals surface area contributed by atoms with Crippen molar-refractivity contribution < 1.29 is 14.0 Å². The normalized spacial score (nSPS) is 21.5.